The number of aliphatic hydroxyl groups is 1. The van der Waals surface area contributed by atoms with Crippen LogP contribution in [0.25, 0.3) is 0 Å². The van der Waals surface area contributed by atoms with Crippen LogP contribution in [0.1, 0.15) is 33.6 Å². The standard InChI is InChI=1S/C13H24N2O3/c1-4-11(8-16)14-13(18)10-5-12(17)15(7-10)6-9(2)3/h9-11,16H,4-8H2,1-3H3,(H,14,18). The van der Waals surface area contributed by atoms with E-state index in [2.05, 4.69) is 19.2 Å². The van der Waals surface area contributed by atoms with Crippen molar-refractivity contribution in [2.24, 2.45) is 11.8 Å². The highest BCUT2D eigenvalue weighted by Gasteiger charge is 2.34. The van der Waals surface area contributed by atoms with Gasteiger partial charge in [-0.3, -0.25) is 9.59 Å². The van der Waals surface area contributed by atoms with Crippen LogP contribution in [-0.2, 0) is 9.59 Å². The molecule has 0 saturated carbocycles. The van der Waals surface area contributed by atoms with E-state index >= 15 is 0 Å². The van der Waals surface area contributed by atoms with Crippen LogP contribution >= 0.6 is 0 Å². The summed E-state index contributed by atoms with van der Waals surface area (Å²) in [6.45, 7) is 7.17. The molecule has 1 aliphatic heterocycles. The van der Waals surface area contributed by atoms with Gasteiger partial charge in [-0.25, -0.2) is 0 Å². The van der Waals surface area contributed by atoms with Crippen molar-refractivity contribution in [2.75, 3.05) is 19.7 Å². The van der Waals surface area contributed by atoms with Crippen molar-refractivity contribution in [3.8, 4) is 0 Å². The van der Waals surface area contributed by atoms with Crippen LogP contribution in [0, 0.1) is 11.8 Å². The van der Waals surface area contributed by atoms with E-state index in [1.807, 2.05) is 6.92 Å². The van der Waals surface area contributed by atoms with Crippen LogP contribution in [-0.4, -0.2) is 47.6 Å². The van der Waals surface area contributed by atoms with Crippen LogP contribution in [0.15, 0.2) is 0 Å². The Morgan fingerprint density at radius 2 is 2.22 bits per heavy atom. The summed E-state index contributed by atoms with van der Waals surface area (Å²) in [5.41, 5.74) is 0. The highest BCUT2D eigenvalue weighted by molar-refractivity contribution is 5.89. The zero-order chi connectivity index (χ0) is 13.7. The van der Waals surface area contributed by atoms with Gasteiger partial charge in [0.2, 0.25) is 11.8 Å². The van der Waals surface area contributed by atoms with Gasteiger partial charge in [-0.1, -0.05) is 20.8 Å². The van der Waals surface area contributed by atoms with Crippen molar-refractivity contribution in [3.63, 3.8) is 0 Å². The molecule has 0 bridgehead atoms. The van der Waals surface area contributed by atoms with Crippen molar-refractivity contribution in [1.82, 2.24) is 10.2 Å². The Bertz CT molecular complexity index is 301. The van der Waals surface area contributed by atoms with Gasteiger partial charge in [0.15, 0.2) is 0 Å². The summed E-state index contributed by atoms with van der Waals surface area (Å²) >= 11 is 0. The molecule has 18 heavy (non-hydrogen) atoms. The number of carbonyl (C=O) groups is 2. The predicted octanol–water partition coefficient (Wildman–Crippen LogP) is 0.378. The number of nitrogens with zero attached hydrogens (tertiary/aromatic N) is 1. The first-order valence-corrected chi connectivity index (χ1v) is 6.66. The fourth-order valence-electron chi connectivity index (χ4n) is 2.16. The molecule has 2 amide bonds. The smallest absolute Gasteiger partial charge is 0.225 e. The highest BCUT2D eigenvalue weighted by atomic mass is 16.3. The number of hydrogen-bond donors (Lipinski definition) is 2. The van der Waals surface area contributed by atoms with Gasteiger partial charge in [0.05, 0.1) is 18.6 Å². The van der Waals surface area contributed by atoms with Crippen LogP contribution in [0.5, 0.6) is 0 Å². The van der Waals surface area contributed by atoms with Gasteiger partial charge in [0, 0.05) is 19.5 Å². The molecule has 104 valence electrons. The third-order valence-corrected chi connectivity index (χ3v) is 3.23. The fraction of sp³-hybridized carbons (Fsp3) is 0.846. The molecule has 1 aliphatic rings. The van der Waals surface area contributed by atoms with E-state index in [1.54, 1.807) is 4.90 Å². The average Bonchev–Trinajstić information content (AvgIpc) is 2.67. The second kappa shape index (κ2) is 6.73. The number of carbonyl (C=O) groups excluding carboxylic acids is 2. The second-order valence-electron chi connectivity index (χ2n) is 5.39. The van der Waals surface area contributed by atoms with E-state index in [9.17, 15) is 9.59 Å². The fourth-order valence-corrected chi connectivity index (χ4v) is 2.16. The maximum atomic E-state index is 11.9. The lowest BCUT2D eigenvalue weighted by Crippen LogP contribution is -2.41. The molecule has 1 saturated heterocycles. The minimum absolute atomic E-state index is 0.0564. The Morgan fingerprint density at radius 1 is 1.56 bits per heavy atom. The van der Waals surface area contributed by atoms with Crippen LogP contribution in [0.3, 0.4) is 0 Å². The summed E-state index contributed by atoms with van der Waals surface area (Å²) in [4.78, 5) is 25.5. The third-order valence-electron chi connectivity index (χ3n) is 3.23. The SMILES string of the molecule is CCC(CO)NC(=O)C1CC(=O)N(CC(C)C)C1. The molecular formula is C13H24N2O3. The van der Waals surface area contributed by atoms with Crippen LogP contribution in [0.2, 0.25) is 0 Å². The molecule has 1 heterocycles. The minimum Gasteiger partial charge on any atom is -0.394 e. The summed E-state index contributed by atoms with van der Waals surface area (Å²) in [7, 11) is 0. The van der Waals surface area contributed by atoms with Crippen molar-refractivity contribution in [1.29, 1.82) is 0 Å². The van der Waals surface area contributed by atoms with Crippen molar-refractivity contribution in [3.05, 3.63) is 0 Å². The first-order chi connectivity index (χ1) is 8.47. The first-order valence-electron chi connectivity index (χ1n) is 6.66. The predicted molar refractivity (Wildman–Crippen MR) is 68.8 cm³/mol. The van der Waals surface area contributed by atoms with Gasteiger partial charge in [-0.2, -0.15) is 0 Å². The number of nitrogens with one attached hydrogen (secondary N) is 1. The molecule has 2 N–H and O–H groups in total. The number of likely N-dealkylation sites (tertiary alicyclic amines) is 1. The molecule has 0 spiro atoms. The first kappa shape index (κ1) is 15.0. The molecule has 1 fully saturated rings. The maximum absolute atomic E-state index is 11.9. The van der Waals surface area contributed by atoms with E-state index in [0.29, 0.717) is 31.8 Å². The van der Waals surface area contributed by atoms with Gasteiger partial charge in [-0.05, 0) is 12.3 Å². The summed E-state index contributed by atoms with van der Waals surface area (Å²) in [5.74, 6) is 0.0878. The summed E-state index contributed by atoms with van der Waals surface area (Å²) in [6.07, 6.45) is 0.985. The number of hydrogen-bond acceptors (Lipinski definition) is 3. The molecule has 0 aromatic carbocycles. The normalized spacial score (nSPS) is 21.5. The molecule has 0 radical (unpaired) electrons. The van der Waals surface area contributed by atoms with Crippen molar-refractivity contribution >= 4 is 11.8 Å². The molecular weight excluding hydrogens is 232 g/mol. The van der Waals surface area contributed by atoms with Crippen LogP contribution < -0.4 is 5.32 Å². The molecule has 2 unspecified atom stereocenters. The van der Waals surface area contributed by atoms with Crippen LogP contribution in [0.4, 0.5) is 0 Å². The van der Waals surface area contributed by atoms with E-state index in [-0.39, 0.29) is 30.4 Å². The summed E-state index contributed by atoms with van der Waals surface area (Å²) in [6, 6.07) is -0.202. The number of amides is 2. The highest BCUT2D eigenvalue weighted by Crippen LogP contribution is 2.19. The molecule has 0 aromatic rings. The zero-order valence-corrected chi connectivity index (χ0v) is 11.5. The van der Waals surface area contributed by atoms with Gasteiger partial charge < -0.3 is 15.3 Å². The Balaban J connectivity index is 2.49. The van der Waals surface area contributed by atoms with E-state index in [0.717, 1.165) is 0 Å². The molecule has 0 aromatic heterocycles. The van der Waals surface area contributed by atoms with E-state index < -0.39 is 0 Å². The van der Waals surface area contributed by atoms with Gasteiger partial charge in [0.25, 0.3) is 0 Å². The molecule has 0 aliphatic carbocycles. The lowest BCUT2D eigenvalue weighted by atomic mass is 10.1. The van der Waals surface area contributed by atoms with E-state index in [1.165, 1.54) is 0 Å². The number of aliphatic hydroxyl groups excluding tert-OH is 1. The monoisotopic (exact) mass is 256 g/mol. The average molecular weight is 256 g/mol. The third kappa shape index (κ3) is 3.98. The van der Waals surface area contributed by atoms with Gasteiger partial charge in [0.1, 0.15) is 0 Å². The Kier molecular flexibility index (Phi) is 5.59. The second-order valence-corrected chi connectivity index (χ2v) is 5.39. The Hall–Kier alpha value is -1.10. The van der Waals surface area contributed by atoms with Gasteiger partial charge >= 0.3 is 0 Å². The topological polar surface area (TPSA) is 69.6 Å². The van der Waals surface area contributed by atoms with E-state index in [4.69, 9.17) is 5.11 Å². The largest absolute Gasteiger partial charge is 0.394 e. The minimum atomic E-state index is -0.267. The summed E-state index contributed by atoms with van der Waals surface area (Å²) in [5, 5.41) is 11.8. The van der Waals surface area contributed by atoms with Crippen molar-refractivity contribution in [2.45, 2.75) is 39.7 Å². The summed E-state index contributed by atoms with van der Waals surface area (Å²) < 4.78 is 0. The van der Waals surface area contributed by atoms with Crippen molar-refractivity contribution < 1.29 is 14.7 Å². The molecule has 5 nitrogen and oxygen atoms in total. The Morgan fingerprint density at radius 3 is 2.72 bits per heavy atom. The number of rotatable bonds is 6. The van der Waals surface area contributed by atoms with Gasteiger partial charge in [-0.15, -0.1) is 0 Å². The molecule has 2 atom stereocenters. The Labute approximate surface area is 109 Å². The lowest BCUT2D eigenvalue weighted by molar-refractivity contribution is -0.129. The zero-order valence-electron chi connectivity index (χ0n) is 11.5. The molecule has 1 rings (SSSR count). The quantitative estimate of drug-likeness (QED) is 0.722. The lowest BCUT2D eigenvalue weighted by Gasteiger charge is -2.20. The molecule has 5 heteroatoms. The maximum Gasteiger partial charge on any atom is 0.225 e.